The minimum Gasteiger partial charge on any atom is -0.327 e. The van der Waals surface area contributed by atoms with Crippen LogP contribution in [0.1, 0.15) is 18.5 Å². The molecule has 25 heavy (non-hydrogen) atoms. The number of nitrogens with zero attached hydrogens (tertiary/aromatic N) is 1. The van der Waals surface area contributed by atoms with E-state index in [2.05, 4.69) is 19.1 Å². The van der Waals surface area contributed by atoms with Crippen LogP contribution < -0.4 is 4.90 Å². The van der Waals surface area contributed by atoms with Gasteiger partial charge in [-0.1, -0.05) is 59.6 Å². The lowest BCUT2D eigenvalue weighted by Gasteiger charge is -2.35. The van der Waals surface area contributed by atoms with Gasteiger partial charge in [0.15, 0.2) is 0 Å². The standard InChI is InChI=1S/C18H20Cl2N2O2S/c1-14(15-6-3-2-4-7-15)21-10-12-22(13-11-21)25(23,24)18-16(19)8-5-9-17(18)20/h2-9,14H,10-13H2,1H3/p+1/t14-/m1/s1. The molecule has 1 atom stereocenters. The maximum absolute atomic E-state index is 12.9. The van der Waals surface area contributed by atoms with Crippen molar-refractivity contribution in [2.45, 2.75) is 17.9 Å². The summed E-state index contributed by atoms with van der Waals surface area (Å²) in [5.41, 5.74) is 1.27. The number of sulfonamides is 1. The second-order valence-corrected chi connectivity index (χ2v) is 8.93. The third kappa shape index (κ3) is 3.86. The van der Waals surface area contributed by atoms with Crippen molar-refractivity contribution in [1.29, 1.82) is 0 Å². The first-order valence-electron chi connectivity index (χ1n) is 8.25. The molecule has 2 aromatic carbocycles. The van der Waals surface area contributed by atoms with Crippen LogP contribution in [0.2, 0.25) is 10.0 Å². The first-order valence-corrected chi connectivity index (χ1v) is 10.4. The van der Waals surface area contributed by atoms with E-state index in [0.717, 1.165) is 13.1 Å². The van der Waals surface area contributed by atoms with Crippen LogP contribution in [0, 0.1) is 0 Å². The zero-order chi connectivity index (χ0) is 18.0. The number of piperazine rings is 1. The first-order chi connectivity index (χ1) is 11.9. The molecule has 1 aliphatic heterocycles. The van der Waals surface area contributed by atoms with Crippen LogP contribution in [-0.4, -0.2) is 38.9 Å². The molecule has 1 saturated heterocycles. The molecule has 3 rings (SSSR count). The average Bonchev–Trinajstić information content (AvgIpc) is 2.61. The van der Waals surface area contributed by atoms with E-state index in [4.69, 9.17) is 23.2 Å². The molecule has 0 spiro atoms. The smallest absolute Gasteiger partial charge is 0.246 e. The van der Waals surface area contributed by atoms with Gasteiger partial charge in [-0.2, -0.15) is 4.31 Å². The van der Waals surface area contributed by atoms with E-state index in [1.165, 1.54) is 14.8 Å². The Bertz CT molecular complexity index is 815. The van der Waals surface area contributed by atoms with Crippen LogP contribution >= 0.6 is 23.2 Å². The van der Waals surface area contributed by atoms with Gasteiger partial charge in [-0.15, -0.1) is 0 Å². The highest BCUT2D eigenvalue weighted by atomic mass is 35.5. The summed E-state index contributed by atoms with van der Waals surface area (Å²) in [5, 5.41) is 0.333. The molecule has 2 aromatic rings. The van der Waals surface area contributed by atoms with Gasteiger partial charge in [0, 0.05) is 5.56 Å². The first kappa shape index (κ1) is 18.7. The van der Waals surface area contributed by atoms with Gasteiger partial charge in [-0.3, -0.25) is 0 Å². The second kappa shape index (κ2) is 7.64. The third-order valence-electron chi connectivity index (χ3n) is 4.79. The predicted octanol–water partition coefficient (Wildman–Crippen LogP) is 2.64. The third-order valence-corrected chi connectivity index (χ3v) is 7.65. The summed E-state index contributed by atoms with van der Waals surface area (Å²) in [7, 11) is -3.68. The molecule has 0 amide bonds. The zero-order valence-corrected chi connectivity index (χ0v) is 16.3. The highest BCUT2D eigenvalue weighted by Crippen LogP contribution is 2.31. The molecule has 1 N–H and O–H groups in total. The summed E-state index contributed by atoms with van der Waals surface area (Å²) in [6.45, 7) is 4.58. The number of halogens is 2. The molecule has 0 unspecified atom stereocenters. The molecule has 0 saturated carbocycles. The zero-order valence-electron chi connectivity index (χ0n) is 14.0. The molecule has 0 aliphatic carbocycles. The van der Waals surface area contributed by atoms with E-state index in [-0.39, 0.29) is 14.9 Å². The average molecular weight is 400 g/mol. The Morgan fingerprint density at radius 1 is 0.960 bits per heavy atom. The summed E-state index contributed by atoms with van der Waals surface area (Å²) < 4.78 is 27.3. The summed E-state index contributed by atoms with van der Waals surface area (Å²) in [6.07, 6.45) is 0. The van der Waals surface area contributed by atoms with Gasteiger partial charge >= 0.3 is 0 Å². The van der Waals surface area contributed by atoms with Crippen LogP contribution in [0.4, 0.5) is 0 Å². The van der Waals surface area contributed by atoms with E-state index in [9.17, 15) is 8.42 Å². The van der Waals surface area contributed by atoms with E-state index >= 15 is 0 Å². The van der Waals surface area contributed by atoms with Crippen LogP contribution in [0.15, 0.2) is 53.4 Å². The lowest BCUT2D eigenvalue weighted by Crippen LogP contribution is -3.14. The second-order valence-electron chi connectivity index (χ2n) is 6.25. The van der Waals surface area contributed by atoms with E-state index < -0.39 is 10.0 Å². The van der Waals surface area contributed by atoms with Crippen LogP contribution in [0.5, 0.6) is 0 Å². The van der Waals surface area contributed by atoms with Gasteiger partial charge < -0.3 is 4.90 Å². The quantitative estimate of drug-likeness (QED) is 0.858. The Kier molecular flexibility index (Phi) is 5.71. The molecule has 0 radical (unpaired) electrons. The minimum atomic E-state index is -3.68. The van der Waals surface area contributed by atoms with Gasteiger partial charge in [0.05, 0.1) is 36.2 Å². The lowest BCUT2D eigenvalue weighted by atomic mass is 10.1. The summed E-state index contributed by atoms with van der Waals surface area (Å²) in [6, 6.07) is 15.4. The Morgan fingerprint density at radius 2 is 1.52 bits per heavy atom. The number of hydrogen-bond acceptors (Lipinski definition) is 2. The maximum Gasteiger partial charge on any atom is 0.246 e. The van der Waals surface area contributed by atoms with Gasteiger partial charge in [0.1, 0.15) is 10.9 Å². The van der Waals surface area contributed by atoms with Crippen molar-refractivity contribution in [2.24, 2.45) is 0 Å². The molecule has 1 aliphatic rings. The van der Waals surface area contributed by atoms with Crippen molar-refractivity contribution in [3.05, 3.63) is 64.1 Å². The number of hydrogen-bond donors (Lipinski definition) is 1. The number of nitrogens with one attached hydrogen (secondary N) is 1. The molecule has 1 fully saturated rings. The Morgan fingerprint density at radius 3 is 2.08 bits per heavy atom. The number of benzene rings is 2. The summed E-state index contributed by atoms with van der Waals surface area (Å²) >= 11 is 12.2. The molecule has 0 aromatic heterocycles. The minimum absolute atomic E-state index is 0.0119. The molecule has 4 nitrogen and oxygen atoms in total. The van der Waals surface area contributed by atoms with Crippen LogP contribution in [-0.2, 0) is 10.0 Å². The van der Waals surface area contributed by atoms with Crippen LogP contribution in [0.3, 0.4) is 0 Å². The Hall–Kier alpha value is -1.11. The van der Waals surface area contributed by atoms with Gasteiger partial charge in [-0.05, 0) is 19.1 Å². The SMILES string of the molecule is C[C@H](c1ccccc1)[NH+]1CCN(S(=O)(=O)c2c(Cl)cccc2Cl)CC1. The van der Waals surface area contributed by atoms with Crippen molar-refractivity contribution in [3.63, 3.8) is 0 Å². The molecule has 1 heterocycles. The molecular weight excluding hydrogens is 379 g/mol. The van der Waals surface area contributed by atoms with E-state index in [1.807, 2.05) is 18.2 Å². The monoisotopic (exact) mass is 399 g/mol. The molecule has 7 heteroatoms. The van der Waals surface area contributed by atoms with Gasteiger partial charge in [-0.25, -0.2) is 8.42 Å². The fraction of sp³-hybridized carbons (Fsp3) is 0.333. The van der Waals surface area contributed by atoms with E-state index in [0.29, 0.717) is 19.1 Å². The normalized spacial score (nSPS) is 18.2. The maximum atomic E-state index is 12.9. The van der Waals surface area contributed by atoms with Gasteiger partial charge in [0.2, 0.25) is 10.0 Å². The van der Waals surface area contributed by atoms with Crippen LogP contribution in [0.25, 0.3) is 0 Å². The largest absolute Gasteiger partial charge is 0.327 e. The van der Waals surface area contributed by atoms with Gasteiger partial charge in [0.25, 0.3) is 0 Å². The molecule has 0 bridgehead atoms. The lowest BCUT2D eigenvalue weighted by molar-refractivity contribution is -0.933. The van der Waals surface area contributed by atoms with Crippen molar-refractivity contribution < 1.29 is 13.3 Å². The Balaban J connectivity index is 1.74. The number of quaternary nitrogens is 1. The van der Waals surface area contributed by atoms with Crippen molar-refractivity contribution >= 4 is 33.2 Å². The highest BCUT2D eigenvalue weighted by molar-refractivity contribution is 7.89. The summed E-state index contributed by atoms with van der Waals surface area (Å²) in [4.78, 5) is 1.39. The predicted molar refractivity (Wildman–Crippen MR) is 101 cm³/mol. The summed E-state index contributed by atoms with van der Waals surface area (Å²) in [5.74, 6) is 0. The molecular formula is C18H21Cl2N2O2S+. The van der Waals surface area contributed by atoms with E-state index in [1.54, 1.807) is 18.2 Å². The van der Waals surface area contributed by atoms with Crippen molar-refractivity contribution in [2.75, 3.05) is 26.2 Å². The van der Waals surface area contributed by atoms with Crippen molar-refractivity contribution in [3.8, 4) is 0 Å². The Labute approximate surface area is 159 Å². The fourth-order valence-electron chi connectivity index (χ4n) is 3.28. The fourth-order valence-corrected chi connectivity index (χ4v) is 5.82. The topological polar surface area (TPSA) is 41.8 Å². The highest BCUT2D eigenvalue weighted by Gasteiger charge is 2.34. The van der Waals surface area contributed by atoms with Crippen molar-refractivity contribution in [1.82, 2.24) is 4.31 Å². The molecule has 134 valence electrons. The number of rotatable bonds is 4.